The molecule has 0 atom stereocenters. The van der Waals surface area contributed by atoms with Crippen LogP contribution in [0.15, 0.2) is 91.0 Å². The molecule has 4 rings (SSSR count). The summed E-state index contributed by atoms with van der Waals surface area (Å²) in [5.41, 5.74) is 6.34. The Labute approximate surface area is 137 Å². The molecule has 0 amide bonds. The summed E-state index contributed by atoms with van der Waals surface area (Å²) in [6.07, 6.45) is 0. The maximum absolute atomic E-state index is 3.45. The lowest BCUT2D eigenvalue weighted by atomic mass is 10.1. The number of rotatable bonds is 2. The first-order valence-electron chi connectivity index (χ1n) is 7.85. The molecule has 0 aliphatic heterocycles. The molecule has 0 saturated carbocycles. The third-order valence-corrected chi connectivity index (χ3v) is 4.09. The fourth-order valence-electron chi connectivity index (χ4n) is 2.92. The van der Waals surface area contributed by atoms with Gasteiger partial charge in [-0.25, -0.2) is 0 Å². The fraction of sp³-hybridized carbons (Fsp3) is 0.0435. The first-order chi connectivity index (χ1) is 11.4. The second-order valence-corrected chi connectivity index (χ2v) is 5.63. The van der Waals surface area contributed by atoms with Crippen molar-refractivity contribution in [3.63, 3.8) is 0 Å². The van der Waals surface area contributed by atoms with Gasteiger partial charge in [0.2, 0.25) is 0 Å². The summed E-state index contributed by atoms with van der Waals surface area (Å²) >= 11 is 0. The average molecular weight is 293 g/mol. The van der Waals surface area contributed by atoms with Gasteiger partial charge in [-0.1, -0.05) is 90.7 Å². The van der Waals surface area contributed by atoms with Crippen molar-refractivity contribution in [2.24, 2.45) is 5.92 Å². The van der Waals surface area contributed by atoms with Crippen molar-refractivity contribution >= 4 is 11.1 Å². The first kappa shape index (κ1) is 13.6. The van der Waals surface area contributed by atoms with Gasteiger partial charge in [0.1, 0.15) is 0 Å². The highest BCUT2D eigenvalue weighted by Gasteiger charge is 2.36. The summed E-state index contributed by atoms with van der Waals surface area (Å²) in [6, 6.07) is 31.3. The van der Waals surface area contributed by atoms with Crippen LogP contribution >= 0.6 is 0 Å². The Hall–Kier alpha value is -3.04. The number of hydrogen-bond donors (Lipinski definition) is 0. The van der Waals surface area contributed by atoms with E-state index in [9.17, 15) is 0 Å². The second-order valence-electron chi connectivity index (χ2n) is 5.63. The Morgan fingerprint density at radius 3 is 1.43 bits per heavy atom. The van der Waals surface area contributed by atoms with Crippen molar-refractivity contribution in [3.05, 3.63) is 108 Å². The van der Waals surface area contributed by atoms with Crippen molar-refractivity contribution in [3.8, 4) is 11.8 Å². The molecule has 0 unspecified atom stereocenters. The molecule has 23 heavy (non-hydrogen) atoms. The Morgan fingerprint density at radius 1 is 0.522 bits per heavy atom. The monoisotopic (exact) mass is 293 g/mol. The molecule has 1 aliphatic rings. The Kier molecular flexibility index (Phi) is 3.54. The Bertz CT molecular complexity index is 842. The minimum absolute atomic E-state index is 0.236. The lowest BCUT2D eigenvalue weighted by molar-refractivity contribution is 1.33. The molecule has 0 nitrogen and oxygen atoms in total. The maximum atomic E-state index is 3.45. The summed E-state index contributed by atoms with van der Waals surface area (Å²) in [7, 11) is 0. The van der Waals surface area contributed by atoms with Crippen molar-refractivity contribution < 1.29 is 0 Å². The highest BCUT2D eigenvalue weighted by Crippen LogP contribution is 2.52. The van der Waals surface area contributed by atoms with Crippen molar-refractivity contribution in [2.45, 2.75) is 0 Å². The molecule has 0 fully saturated rings. The lowest BCUT2D eigenvalue weighted by Crippen LogP contribution is -1.81. The molecule has 3 aromatic rings. The highest BCUT2D eigenvalue weighted by atomic mass is 14.4. The zero-order chi connectivity index (χ0) is 15.5. The van der Waals surface area contributed by atoms with Crippen molar-refractivity contribution in [1.29, 1.82) is 0 Å². The van der Waals surface area contributed by atoms with Crippen LogP contribution in [0.3, 0.4) is 0 Å². The van der Waals surface area contributed by atoms with Crippen LogP contribution < -0.4 is 0 Å². The van der Waals surface area contributed by atoms with Crippen LogP contribution in [0.25, 0.3) is 11.1 Å². The zero-order valence-electron chi connectivity index (χ0n) is 12.7. The van der Waals surface area contributed by atoms with E-state index in [2.05, 4.69) is 84.6 Å². The van der Waals surface area contributed by atoms with E-state index in [0.29, 0.717) is 0 Å². The largest absolute Gasteiger partial charge is 0.0848 e. The van der Waals surface area contributed by atoms with E-state index in [1.807, 2.05) is 18.2 Å². The molecule has 0 spiro atoms. The summed E-state index contributed by atoms with van der Waals surface area (Å²) in [5.74, 6) is 7.00. The van der Waals surface area contributed by atoms with Crippen LogP contribution in [-0.2, 0) is 0 Å². The number of benzene rings is 3. The van der Waals surface area contributed by atoms with Gasteiger partial charge in [0.15, 0.2) is 0 Å². The molecule has 0 saturated heterocycles. The minimum Gasteiger partial charge on any atom is -0.0848 e. The smallest absolute Gasteiger partial charge is 0.0724 e. The quantitative estimate of drug-likeness (QED) is 0.445. The normalized spacial score (nSPS) is 13.4. The summed E-state index contributed by atoms with van der Waals surface area (Å²) in [5, 5.41) is 0. The van der Waals surface area contributed by atoms with Crippen LogP contribution in [-0.4, -0.2) is 0 Å². The molecule has 0 bridgehead atoms. The number of allylic oxidation sites excluding steroid dienone is 2. The van der Waals surface area contributed by atoms with Gasteiger partial charge < -0.3 is 0 Å². The first-order valence-corrected chi connectivity index (χ1v) is 7.85. The zero-order valence-corrected chi connectivity index (χ0v) is 12.7. The molecule has 0 N–H and O–H groups in total. The molecular weight excluding hydrogens is 277 g/mol. The highest BCUT2D eigenvalue weighted by molar-refractivity contribution is 6.12. The van der Waals surface area contributed by atoms with E-state index < -0.39 is 0 Å². The Balaban J connectivity index is 1.70. The van der Waals surface area contributed by atoms with E-state index in [4.69, 9.17) is 0 Å². The van der Waals surface area contributed by atoms with Gasteiger partial charge in [-0.2, -0.15) is 0 Å². The van der Waals surface area contributed by atoms with Crippen LogP contribution in [0.4, 0.5) is 0 Å². The van der Waals surface area contributed by atoms with Gasteiger partial charge in [0, 0.05) is 5.56 Å². The van der Waals surface area contributed by atoms with E-state index >= 15 is 0 Å². The minimum atomic E-state index is 0.236. The third-order valence-electron chi connectivity index (χ3n) is 4.09. The molecule has 3 aromatic carbocycles. The van der Waals surface area contributed by atoms with E-state index in [0.717, 1.165) is 5.56 Å². The van der Waals surface area contributed by atoms with Crippen molar-refractivity contribution in [1.82, 2.24) is 0 Å². The van der Waals surface area contributed by atoms with Gasteiger partial charge >= 0.3 is 0 Å². The molecular formula is C23H16. The summed E-state index contributed by atoms with van der Waals surface area (Å²) < 4.78 is 0. The van der Waals surface area contributed by atoms with Gasteiger partial charge in [-0.05, 0) is 34.4 Å². The fourth-order valence-corrected chi connectivity index (χ4v) is 2.92. The maximum Gasteiger partial charge on any atom is 0.0724 e. The second kappa shape index (κ2) is 5.99. The topological polar surface area (TPSA) is 0 Å². The standard InChI is InChI=1S/C23H16/c1-4-10-18(11-5-1)16-17-21-22(19-12-6-2-7-13-19)23(21)20-14-8-3-9-15-20/h1-15,21H/i16+1. The van der Waals surface area contributed by atoms with E-state index in [1.54, 1.807) is 0 Å². The molecule has 0 radical (unpaired) electrons. The van der Waals surface area contributed by atoms with Crippen LogP contribution in [0.5, 0.6) is 0 Å². The van der Waals surface area contributed by atoms with Gasteiger partial charge in [-0.15, -0.1) is 0 Å². The van der Waals surface area contributed by atoms with E-state index in [1.165, 1.54) is 22.3 Å². The Morgan fingerprint density at radius 2 is 0.957 bits per heavy atom. The summed E-state index contributed by atoms with van der Waals surface area (Å²) in [6.45, 7) is 0. The lowest BCUT2D eigenvalue weighted by Gasteiger charge is -1.94. The van der Waals surface area contributed by atoms with Gasteiger partial charge in [0.05, 0.1) is 5.92 Å². The molecule has 0 aromatic heterocycles. The predicted octanol–water partition coefficient (Wildman–Crippen LogP) is 5.28. The molecule has 0 heterocycles. The van der Waals surface area contributed by atoms with Crippen LogP contribution in [0.1, 0.15) is 16.7 Å². The summed E-state index contributed by atoms with van der Waals surface area (Å²) in [4.78, 5) is 0. The van der Waals surface area contributed by atoms with Crippen LogP contribution in [0.2, 0.25) is 0 Å². The molecule has 1 aliphatic carbocycles. The molecule has 108 valence electrons. The molecule has 0 heteroatoms. The third kappa shape index (κ3) is 2.82. The SMILES string of the molecule is C(#[13C]c1ccccc1)C1C(c2ccccc2)=C1c1ccccc1. The van der Waals surface area contributed by atoms with Crippen LogP contribution in [0, 0.1) is 17.8 Å². The number of hydrogen-bond acceptors (Lipinski definition) is 0. The predicted molar refractivity (Wildman–Crippen MR) is 96.5 cm³/mol. The average Bonchev–Trinajstić information content (AvgIpc) is 3.37. The van der Waals surface area contributed by atoms with Gasteiger partial charge in [-0.3, -0.25) is 0 Å². The van der Waals surface area contributed by atoms with Gasteiger partial charge in [0.25, 0.3) is 0 Å². The van der Waals surface area contributed by atoms with E-state index in [-0.39, 0.29) is 5.92 Å². The van der Waals surface area contributed by atoms with Crippen molar-refractivity contribution in [2.75, 3.05) is 0 Å².